The van der Waals surface area contributed by atoms with Gasteiger partial charge < -0.3 is 39.4 Å². The molecule has 0 radical (unpaired) electrons. The first kappa shape index (κ1) is 40.7. The molecule has 0 aromatic heterocycles. The average molecular weight is 710 g/mol. The molecule has 3 rings (SSSR count). The monoisotopic (exact) mass is 709 g/mol. The molecule has 0 fully saturated rings. The second kappa shape index (κ2) is 20.8. The third kappa shape index (κ3) is 11.7. The minimum atomic E-state index is -2.35. The highest BCUT2D eigenvalue weighted by molar-refractivity contribution is 7.95. The molecule has 0 heterocycles. The summed E-state index contributed by atoms with van der Waals surface area (Å²) in [6, 6.07) is 30.5. The van der Waals surface area contributed by atoms with E-state index in [1.165, 1.54) is 0 Å². The molecule has 3 aromatic rings. The Balaban J connectivity index is 1.81. The van der Waals surface area contributed by atoms with Crippen molar-refractivity contribution < 1.29 is 49.0 Å². The van der Waals surface area contributed by atoms with Crippen LogP contribution in [-0.4, -0.2) is 103 Å². The van der Waals surface area contributed by atoms with E-state index in [1.54, 1.807) is 0 Å². The van der Waals surface area contributed by atoms with Crippen molar-refractivity contribution in [1.29, 1.82) is 0 Å². The van der Waals surface area contributed by atoms with Crippen molar-refractivity contribution in [3.05, 3.63) is 116 Å². The molecule has 4 N–H and O–H groups in total. The van der Waals surface area contributed by atoms with Gasteiger partial charge in [0, 0.05) is 24.0 Å². The molecule has 0 spiro atoms. The third-order valence-electron chi connectivity index (χ3n) is 8.55. The molecule has 5 atom stereocenters. The number of aliphatic hydroxyl groups is 4. The van der Waals surface area contributed by atoms with Crippen molar-refractivity contribution >= 4 is 35.1 Å². The van der Waals surface area contributed by atoms with Crippen LogP contribution in [0.25, 0.3) is 0 Å². The van der Waals surface area contributed by atoms with Crippen LogP contribution in [0.4, 0.5) is 0 Å². The van der Waals surface area contributed by atoms with Crippen LogP contribution < -0.4 is 15.9 Å². The van der Waals surface area contributed by atoms with Gasteiger partial charge in [0.15, 0.2) is 0 Å². The summed E-state index contributed by atoms with van der Waals surface area (Å²) in [6.07, 6.45) is -1.89. The van der Waals surface area contributed by atoms with Gasteiger partial charge in [-0.05, 0) is 42.8 Å². The molecule has 0 amide bonds. The summed E-state index contributed by atoms with van der Waals surface area (Å²) in [5.41, 5.74) is -1.09. The van der Waals surface area contributed by atoms with Gasteiger partial charge in [-0.1, -0.05) is 74.7 Å². The van der Waals surface area contributed by atoms with Crippen molar-refractivity contribution in [3.63, 3.8) is 0 Å². The first-order valence-corrected chi connectivity index (χ1v) is 18.6. The van der Waals surface area contributed by atoms with Crippen LogP contribution in [0.5, 0.6) is 0 Å². The van der Waals surface area contributed by atoms with E-state index in [4.69, 9.17) is 18.9 Å². The van der Waals surface area contributed by atoms with Crippen LogP contribution in [0.3, 0.4) is 0 Å². The molecule has 0 saturated carbocycles. The van der Waals surface area contributed by atoms with E-state index in [2.05, 4.69) is 49.6 Å². The minimum absolute atomic E-state index is 0.0532. The maximum atomic E-state index is 11.7. The number of benzene rings is 3. The van der Waals surface area contributed by atoms with Crippen molar-refractivity contribution in [2.75, 3.05) is 45.8 Å². The van der Waals surface area contributed by atoms with E-state index >= 15 is 0 Å². The topological polar surface area (TPSA) is 152 Å². The molecule has 5 unspecified atom stereocenters. The fourth-order valence-corrected chi connectivity index (χ4v) is 10.1. The van der Waals surface area contributed by atoms with Crippen LogP contribution in [0, 0.1) is 5.41 Å². The summed E-state index contributed by atoms with van der Waals surface area (Å²) < 4.78 is 21.8. The van der Waals surface area contributed by atoms with Gasteiger partial charge in [0.2, 0.25) is 0 Å². The highest BCUT2D eigenvalue weighted by Crippen LogP contribution is 2.55. The van der Waals surface area contributed by atoms with E-state index in [-0.39, 0.29) is 46.1 Å². The first-order valence-electron chi connectivity index (χ1n) is 16.6. The van der Waals surface area contributed by atoms with Gasteiger partial charge in [-0.2, -0.15) is 0 Å². The average Bonchev–Trinajstić information content (AvgIpc) is 3.15. The highest BCUT2D eigenvalue weighted by Gasteiger charge is 2.47. The van der Waals surface area contributed by atoms with E-state index in [0.29, 0.717) is 12.6 Å². The summed E-state index contributed by atoms with van der Waals surface area (Å²) in [5, 5.41) is 47.3. The molecule has 270 valence electrons. The zero-order chi connectivity index (χ0) is 36.4. The smallest absolute Gasteiger partial charge is 0.330 e. The zero-order valence-electron chi connectivity index (χ0n) is 28.6. The largest absolute Gasteiger partial charge is 0.460 e. The summed E-state index contributed by atoms with van der Waals surface area (Å²) in [5.74, 6) is -1.38. The van der Waals surface area contributed by atoms with Crippen LogP contribution in [-0.2, 0) is 28.5 Å². The number of esters is 2. The number of ether oxygens (including phenoxy) is 4. The van der Waals surface area contributed by atoms with Crippen LogP contribution in [0.2, 0.25) is 0 Å². The van der Waals surface area contributed by atoms with Crippen LogP contribution in [0.1, 0.15) is 19.8 Å². The molecule has 10 nitrogen and oxygen atoms in total. The third-order valence-corrected chi connectivity index (χ3v) is 13.1. The van der Waals surface area contributed by atoms with Gasteiger partial charge >= 0.3 is 11.9 Å². The molecule has 0 aliphatic heterocycles. The first-order chi connectivity index (χ1) is 24.1. The van der Waals surface area contributed by atoms with Gasteiger partial charge in [0.25, 0.3) is 0 Å². The lowest BCUT2D eigenvalue weighted by molar-refractivity contribution is -0.147. The number of carbonyl (C=O) groups is 2. The second-order valence-electron chi connectivity index (χ2n) is 12.1. The maximum Gasteiger partial charge on any atom is 0.330 e. The van der Waals surface area contributed by atoms with E-state index in [1.807, 2.05) is 61.5 Å². The summed E-state index contributed by atoms with van der Waals surface area (Å²) in [7, 11) is -2.35. The fourth-order valence-electron chi connectivity index (χ4n) is 5.75. The van der Waals surface area contributed by atoms with Crippen LogP contribution >= 0.6 is 7.26 Å². The number of hydrogen-bond acceptors (Lipinski definition) is 10. The number of rotatable bonds is 23. The predicted molar refractivity (Wildman–Crippen MR) is 195 cm³/mol. The molecule has 11 heteroatoms. The van der Waals surface area contributed by atoms with Gasteiger partial charge in [0.1, 0.15) is 54.8 Å². The maximum absolute atomic E-state index is 11.7. The minimum Gasteiger partial charge on any atom is -0.460 e. The van der Waals surface area contributed by atoms with Gasteiger partial charge in [-0.25, -0.2) is 9.59 Å². The number of hydrogen-bond donors (Lipinski definition) is 4. The lowest BCUT2D eigenvalue weighted by Gasteiger charge is -2.38. The van der Waals surface area contributed by atoms with E-state index < -0.39 is 49.0 Å². The lowest BCUT2D eigenvalue weighted by Crippen LogP contribution is -2.46. The van der Waals surface area contributed by atoms with Crippen molar-refractivity contribution in [2.45, 2.75) is 44.2 Å². The van der Waals surface area contributed by atoms with Crippen molar-refractivity contribution in [3.8, 4) is 0 Å². The van der Waals surface area contributed by atoms with E-state index in [9.17, 15) is 30.0 Å². The van der Waals surface area contributed by atoms with Gasteiger partial charge in [-0.3, -0.25) is 0 Å². The Hall–Kier alpha value is -3.73. The van der Waals surface area contributed by atoms with Crippen LogP contribution in [0.15, 0.2) is 116 Å². The standard InChI is InChI=1S/C39H50O10P/c1-4-37(44)48-25-30(40)22-36(43)39(6-3,28-46-23-31(41)26-49-38(45)5-2)29-47-24-32(42)27-50(33-16-10-7-11-17-33,34-18-12-8-13-19-34)35-20-14-9-15-21-35/h4-5,7-21,30-32,36,40-43H,1-2,6,22-29H2,3H3/q+1. The van der Waals surface area contributed by atoms with Crippen molar-refractivity contribution in [1.82, 2.24) is 0 Å². The Labute approximate surface area is 295 Å². The Morgan fingerprint density at radius 2 is 1.06 bits per heavy atom. The Bertz CT molecular complexity index is 1360. The lowest BCUT2D eigenvalue weighted by atomic mass is 9.78. The fraction of sp³-hybridized carbons (Fsp3) is 0.385. The summed E-state index contributed by atoms with van der Waals surface area (Å²) in [4.78, 5) is 22.9. The summed E-state index contributed by atoms with van der Waals surface area (Å²) >= 11 is 0. The number of carbonyl (C=O) groups excluding carboxylic acids is 2. The Morgan fingerprint density at radius 1 is 0.660 bits per heavy atom. The molecular weight excluding hydrogens is 659 g/mol. The quantitative estimate of drug-likeness (QED) is 0.0658. The Morgan fingerprint density at radius 3 is 1.46 bits per heavy atom. The van der Waals surface area contributed by atoms with Gasteiger partial charge in [0.05, 0.1) is 38.6 Å². The molecule has 0 bridgehead atoms. The molecule has 0 saturated heterocycles. The number of aliphatic hydroxyl groups excluding tert-OH is 4. The molecule has 0 aliphatic carbocycles. The summed E-state index contributed by atoms with van der Waals surface area (Å²) in [6.45, 7) is 7.42. The Kier molecular flexibility index (Phi) is 17.0. The highest BCUT2D eigenvalue weighted by atomic mass is 31.2. The molecular formula is C39H50O10P+. The van der Waals surface area contributed by atoms with Gasteiger partial charge in [-0.15, -0.1) is 0 Å². The zero-order valence-corrected chi connectivity index (χ0v) is 29.5. The SMILES string of the molecule is C=CC(=O)OCC(O)COCC(CC)(COCC(O)C[P+](c1ccccc1)(c1ccccc1)c1ccccc1)C(O)CC(O)COC(=O)C=C. The van der Waals surface area contributed by atoms with E-state index in [0.717, 1.165) is 28.1 Å². The second-order valence-corrected chi connectivity index (χ2v) is 15.7. The molecule has 0 aliphatic rings. The predicted octanol–water partition coefficient (Wildman–Crippen LogP) is 2.70. The normalized spacial score (nSPS) is 15.1. The van der Waals surface area contributed by atoms with Crippen molar-refractivity contribution in [2.24, 2.45) is 5.41 Å². The molecule has 3 aromatic carbocycles. The molecule has 50 heavy (non-hydrogen) atoms.